The summed E-state index contributed by atoms with van der Waals surface area (Å²) >= 11 is 0. The number of anilines is 1. The van der Waals surface area contributed by atoms with Crippen LogP contribution in [0.15, 0.2) is 24.3 Å². The van der Waals surface area contributed by atoms with Crippen LogP contribution in [0.1, 0.15) is 25.3 Å². The molecule has 0 saturated carbocycles. The Morgan fingerprint density at radius 1 is 1.33 bits per heavy atom. The minimum absolute atomic E-state index is 0.346. The zero-order valence-corrected chi connectivity index (χ0v) is 11.4. The molecule has 5 heteroatoms. The number of aryl methyl sites for hydroxylation is 1. The molecule has 4 nitrogen and oxygen atoms in total. The number of hydrogen-bond donors (Lipinski definition) is 1. The van der Waals surface area contributed by atoms with Gasteiger partial charge in [-0.25, -0.2) is 8.42 Å². The van der Waals surface area contributed by atoms with E-state index in [-0.39, 0.29) is 6.61 Å². The first-order chi connectivity index (χ1) is 8.57. The number of nitrogens with zero attached hydrogens (tertiary/aromatic N) is 1. The Morgan fingerprint density at radius 3 is 2.78 bits per heavy atom. The first-order valence-corrected chi connectivity index (χ1v) is 7.78. The molecule has 0 radical (unpaired) electrons. The Morgan fingerprint density at radius 2 is 2.06 bits per heavy atom. The van der Waals surface area contributed by atoms with E-state index in [0.29, 0.717) is 6.54 Å². The summed E-state index contributed by atoms with van der Waals surface area (Å²) in [5.41, 5.74) is 1.85. The van der Waals surface area contributed by atoms with E-state index in [1.54, 1.807) is 6.92 Å². The number of fused-ring (bicyclic) bond motifs is 1. The van der Waals surface area contributed by atoms with E-state index in [1.165, 1.54) is 4.31 Å². The van der Waals surface area contributed by atoms with Gasteiger partial charge in [-0.15, -0.1) is 0 Å². The Balaban J connectivity index is 2.45. The second-order valence-electron chi connectivity index (χ2n) is 4.70. The molecule has 18 heavy (non-hydrogen) atoms. The first-order valence-electron chi connectivity index (χ1n) is 6.27. The van der Waals surface area contributed by atoms with Crippen molar-refractivity contribution in [3.8, 4) is 0 Å². The largest absolute Gasteiger partial charge is 0.395 e. The lowest BCUT2D eigenvalue weighted by molar-refractivity contribution is 0.295. The Kier molecular flexibility index (Phi) is 3.92. The maximum Gasteiger partial charge on any atom is 0.240 e. The van der Waals surface area contributed by atoms with Crippen LogP contribution in [-0.2, 0) is 16.4 Å². The summed E-state index contributed by atoms with van der Waals surface area (Å²) in [5, 5.41) is 8.35. The lowest BCUT2D eigenvalue weighted by Crippen LogP contribution is -2.39. The van der Waals surface area contributed by atoms with Crippen molar-refractivity contribution in [2.24, 2.45) is 0 Å². The summed E-state index contributed by atoms with van der Waals surface area (Å²) < 4.78 is 26.3. The Bertz CT molecular complexity index is 513. The van der Waals surface area contributed by atoms with Crippen molar-refractivity contribution in [1.29, 1.82) is 0 Å². The lowest BCUT2D eigenvalue weighted by atomic mass is 10.1. The molecule has 0 saturated heterocycles. The zero-order chi connectivity index (χ0) is 13.2. The van der Waals surface area contributed by atoms with Crippen LogP contribution >= 0.6 is 0 Å². The highest BCUT2D eigenvalue weighted by atomic mass is 32.2. The van der Waals surface area contributed by atoms with E-state index in [0.717, 1.165) is 30.5 Å². The smallest absolute Gasteiger partial charge is 0.240 e. The average molecular weight is 269 g/mol. The van der Waals surface area contributed by atoms with Gasteiger partial charge in [0.25, 0.3) is 0 Å². The first kappa shape index (κ1) is 13.4. The predicted molar refractivity (Wildman–Crippen MR) is 72.2 cm³/mol. The molecule has 0 aromatic heterocycles. The van der Waals surface area contributed by atoms with Crippen molar-refractivity contribution >= 4 is 15.7 Å². The molecular formula is C13H19NO3S. The second kappa shape index (κ2) is 5.28. The normalized spacial score (nSPS) is 18.0. The number of benzene rings is 1. The van der Waals surface area contributed by atoms with Crippen molar-refractivity contribution in [3.05, 3.63) is 29.8 Å². The molecule has 1 heterocycles. The topological polar surface area (TPSA) is 57.6 Å². The maximum absolute atomic E-state index is 12.4. The van der Waals surface area contributed by atoms with E-state index in [1.807, 2.05) is 24.3 Å². The number of aliphatic hydroxyl groups is 1. The fourth-order valence-electron chi connectivity index (χ4n) is 2.23. The van der Waals surface area contributed by atoms with E-state index in [2.05, 4.69) is 0 Å². The predicted octanol–water partition coefficient (Wildman–Crippen LogP) is 1.54. The SMILES string of the molecule is CC(CO)S(=O)(=O)N1CCCCc2ccccc21. The maximum atomic E-state index is 12.4. The highest BCUT2D eigenvalue weighted by molar-refractivity contribution is 7.93. The van der Waals surface area contributed by atoms with Gasteiger partial charge in [0.05, 0.1) is 12.3 Å². The molecule has 100 valence electrons. The van der Waals surface area contributed by atoms with Gasteiger partial charge >= 0.3 is 0 Å². The van der Waals surface area contributed by atoms with Gasteiger partial charge in [-0.3, -0.25) is 4.31 Å². The monoisotopic (exact) mass is 269 g/mol. The molecule has 1 aliphatic rings. The van der Waals surface area contributed by atoms with Gasteiger partial charge in [-0.1, -0.05) is 18.2 Å². The van der Waals surface area contributed by atoms with Crippen LogP contribution in [0.25, 0.3) is 0 Å². The summed E-state index contributed by atoms with van der Waals surface area (Å²) in [6, 6.07) is 7.62. The summed E-state index contributed by atoms with van der Waals surface area (Å²) in [5.74, 6) is 0. The lowest BCUT2D eigenvalue weighted by Gasteiger charge is -2.27. The zero-order valence-electron chi connectivity index (χ0n) is 10.5. The van der Waals surface area contributed by atoms with Crippen LogP contribution in [-0.4, -0.2) is 31.9 Å². The van der Waals surface area contributed by atoms with Gasteiger partial charge in [0.2, 0.25) is 10.0 Å². The standard InChI is InChI=1S/C13H19NO3S/c1-11(10-15)18(16,17)14-9-5-4-7-12-6-2-3-8-13(12)14/h2-3,6,8,11,15H,4-5,7,9-10H2,1H3. The second-order valence-corrected chi connectivity index (χ2v) is 6.97. The van der Waals surface area contributed by atoms with Gasteiger partial charge < -0.3 is 5.11 Å². The molecule has 0 aliphatic carbocycles. The van der Waals surface area contributed by atoms with Crippen molar-refractivity contribution in [2.45, 2.75) is 31.4 Å². The number of sulfonamides is 1. The molecule has 1 atom stereocenters. The van der Waals surface area contributed by atoms with Crippen LogP contribution in [0.3, 0.4) is 0 Å². The van der Waals surface area contributed by atoms with Crippen LogP contribution in [0.5, 0.6) is 0 Å². The third-order valence-corrected chi connectivity index (χ3v) is 5.55. The summed E-state index contributed by atoms with van der Waals surface area (Å²) in [6.07, 6.45) is 2.76. The molecule has 0 amide bonds. The van der Waals surface area contributed by atoms with E-state index in [4.69, 9.17) is 5.11 Å². The van der Waals surface area contributed by atoms with Gasteiger partial charge in [0.15, 0.2) is 0 Å². The highest BCUT2D eigenvalue weighted by Crippen LogP contribution is 2.29. The fourth-order valence-corrected chi connectivity index (χ4v) is 3.69. The summed E-state index contributed by atoms with van der Waals surface area (Å²) in [6.45, 7) is 1.70. The molecule has 0 spiro atoms. The van der Waals surface area contributed by atoms with Crippen LogP contribution in [0.2, 0.25) is 0 Å². The molecule has 1 N–H and O–H groups in total. The van der Waals surface area contributed by atoms with Gasteiger partial charge in [0.1, 0.15) is 5.25 Å². The third-order valence-electron chi connectivity index (χ3n) is 3.39. The number of rotatable bonds is 3. The highest BCUT2D eigenvalue weighted by Gasteiger charge is 2.30. The van der Waals surface area contributed by atoms with Crippen molar-refractivity contribution < 1.29 is 13.5 Å². The molecule has 1 aromatic carbocycles. The quantitative estimate of drug-likeness (QED) is 0.905. The third kappa shape index (κ3) is 2.37. The fraction of sp³-hybridized carbons (Fsp3) is 0.538. The minimum Gasteiger partial charge on any atom is -0.395 e. The number of para-hydroxylation sites is 1. The van der Waals surface area contributed by atoms with E-state index in [9.17, 15) is 8.42 Å². The van der Waals surface area contributed by atoms with Gasteiger partial charge in [-0.05, 0) is 37.8 Å². The van der Waals surface area contributed by atoms with Crippen LogP contribution < -0.4 is 4.31 Å². The molecule has 0 bridgehead atoms. The van der Waals surface area contributed by atoms with Gasteiger partial charge in [-0.2, -0.15) is 0 Å². The summed E-state index contributed by atoms with van der Waals surface area (Å²) in [4.78, 5) is 0. The molecule has 1 unspecified atom stereocenters. The van der Waals surface area contributed by atoms with Crippen molar-refractivity contribution in [2.75, 3.05) is 17.5 Å². The number of hydrogen-bond acceptors (Lipinski definition) is 3. The molecule has 0 fully saturated rings. The Labute approximate surface area is 108 Å². The average Bonchev–Trinajstić information content (AvgIpc) is 2.60. The Hall–Kier alpha value is -1.07. The van der Waals surface area contributed by atoms with Crippen LogP contribution in [0.4, 0.5) is 5.69 Å². The summed E-state index contributed by atoms with van der Waals surface area (Å²) in [7, 11) is -3.47. The molecule has 1 aromatic rings. The van der Waals surface area contributed by atoms with Crippen molar-refractivity contribution in [3.63, 3.8) is 0 Å². The van der Waals surface area contributed by atoms with E-state index < -0.39 is 15.3 Å². The van der Waals surface area contributed by atoms with E-state index >= 15 is 0 Å². The van der Waals surface area contributed by atoms with Gasteiger partial charge in [0, 0.05) is 6.54 Å². The minimum atomic E-state index is -3.47. The van der Waals surface area contributed by atoms with Crippen molar-refractivity contribution in [1.82, 2.24) is 0 Å². The number of aliphatic hydroxyl groups excluding tert-OH is 1. The molecular weight excluding hydrogens is 250 g/mol. The molecule has 2 rings (SSSR count). The molecule has 1 aliphatic heterocycles. The van der Waals surface area contributed by atoms with Crippen LogP contribution in [0, 0.1) is 0 Å².